The predicted molar refractivity (Wildman–Crippen MR) is 57.7 cm³/mol. The highest BCUT2D eigenvalue weighted by molar-refractivity contribution is 14.1. The van der Waals surface area contributed by atoms with Crippen LogP contribution < -0.4 is 4.74 Å². The standard InChI is InChI=1S/C8H6INOS/c1-11-6-2-3-7(12)8(9)5(6)4-10/h2-3,12H,1H3. The molecule has 4 heteroatoms. The van der Waals surface area contributed by atoms with Gasteiger partial charge in [-0.1, -0.05) is 0 Å². The zero-order valence-electron chi connectivity index (χ0n) is 6.34. The number of hydrogen-bond donors (Lipinski definition) is 1. The van der Waals surface area contributed by atoms with Crippen LogP contribution >= 0.6 is 35.2 Å². The highest BCUT2D eigenvalue weighted by atomic mass is 127. The van der Waals surface area contributed by atoms with Crippen molar-refractivity contribution in [1.82, 2.24) is 0 Å². The molecule has 0 aliphatic rings. The molecule has 1 aromatic carbocycles. The summed E-state index contributed by atoms with van der Waals surface area (Å²) in [6, 6.07) is 5.62. The van der Waals surface area contributed by atoms with Crippen LogP contribution in [0, 0.1) is 14.9 Å². The predicted octanol–water partition coefficient (Wildman–Crippen LogP) is 2.46. The monoisotopic (exact) mass is 291 g/mol. The largest absolute Gasteiger partial charge is 0.495 e. The molecule has 0 aromatic heterocycles. The van der Waals surface area contributed by atoms with Gasteiger partial charge in [-0.25, -0.2) is 0 Å². The number of halogens is 1. The molecule has 0 spiro atoms. The number of hydrogen-bond acceptors (Lipinski definition) is 3. The summed E-state index contributed by atoms with van der Waals surface area (Å²) < 4.78 is 5.84. The maximum atomic E-state index is 8.79. The molecule has 0 aliphatic heterocycles. The summed E-state index contributed by atoms with van der Waals surface area (Å²) >= 11 is 6.27. The van der Waals surface area contributed by atoms with E-state index in [1.54, 1.807) is 13.2 Å². The van der Waals surface area contributed by atoms with Crippen molar-refractivity contribution in [3.8, 4) is 11.8 Å². The molecule has 0 saturated heterocycles. The van der Waals surface area contributed by atoms with Crippen LogP contribution in [0.15, 0.2) is 17.0 Å². The Hall–Kier alpha value is -0.410. The highest BCUT2D eigenvalue weighted by Crippen LogP contribution is 2.27. The minimum absolute atomic E-state index is 0.547. The van der Waals surface area contributed by atoms with E-state index in [9.17, 15) is 0 Å². The summed E-state index contributed by atoms with van der Waals surface area (Å²) in [6.45, 7) is 0. The smallest absolute Gasteiger partial charge is 0.137 e. The Morgan fingerprint density at radius 2 is 2.25 bits per heavy atom. The number of nitriles is 1. The van der Waals surface area contributed by atoms with E-state index in [0.717, 1.165) is 8.47 Å². The second-order valence-electron chi connectivity index (χ2n) is 2.09. The van der Waals surface area contributed by atoms with Crippen molar-refractivity contribution >= 4 is 35.2 Å². The number of rotatable bonds is 1. The van der Waals surface area contributed by atoms with Crippen LogP contribution in [0.1, 0.15) is 5.56 Å². The van der Waals surface area contributed by atoms with Gasteiger partial charge in [0.25, 0.3) is 0 Å². The van der Waals surface area contributed by atoms with Gasteiger partial charge >= 0.3 is 0 Å². The molecule has 1 rings (SSSR count). The second kappa shape index (κ2) is 4.01. The minimum atomic E-state index is 0.547. The fourth-order valence-corrected chi connectivity index (χ4v) is 1.57. The fourth-order valence-electron chi connectivity index (χ4n) is 0.822. The molecular weight excluding hydrogens is 285 g/mol. The molecule has 0 unspecified atom stereocenters. The maximum absolute atomic E-state index is 8.79. The van der Waals surface area contributed by atoms with E-state index in [1.807, 2.05) is 6.07 Å². The summed E-state index contributed by atoms with van der Waals surface area (Å²) in [6.07, 6.45) is 0. The Bertz CT molecular complexity index is 346. The van der Waals surface area contributed by atoms with Crippen LogP contribution in [0.2, 0.25) is 0 Å². The summed E-state index contributed by atoms with van der Waals surface area (Å²) in [5, 5.41) is 8.79. The van der Waals surface area contributed by atoms with E-state index >= 15 is 0 Å². The Morgan fingerprint density at radius 1 is 1.58 bits per heavy atom. The lowest BCUT2D eigenvalue weighted by Gasteiger charge is -2.05. The van der Waals surface area contributed by atoms with Crippen molar-refractivity contribution in [3.05, 3.63) is 21.3 Å². The molecule has 0 saturated carbocycles. The maximum Gasteiger partial charge on any atom is 0.137 e. The van der Waals surface area contributed by atoms with Gasteiger partial charge in [0, 0.05) is 8.47 Å². The Balaban J connectivity index is 3.38. The minimum Gasteiger partial charge on any atom is -0.495 e. The van der Waals surface area contributed by atoms with E-state index in [0.29, 0.717) is 11.3 Å². The van der Waals surface area contributed by atoms with E-state index in [4.69, 9.17) is 10.00 Å². The third kappa shape index (κ3) is 1.67. The van der Waals surface area contributed by atoms with Gasteiger partial charge in [0.15, 0.2) is 0 Å². The first-order valence-corrected chi connectivity index (χ1v) is 4.69. The first-order valence-electron chi connectivity index (χ1n) is 3.16. The summed E-state index contributed by atoms with van der Waals surface area (Å²) in [5.74, 6) is 0.597. The van der Waals surface area contributed by atoms with E-state index in [1.165, 1.54) is 0 Å². The fraction of sp³-hybridized carbons (Fsp3) is 0.125. The average molecular weight is 291 g/mol. The molecule has 0 atom stereocenters. The SMILES string of the molecule is COc1ccc(S)c(I)c1C#N. The van der Waals surface area contributed by atoms with E-state index < -0.39 is 0 Å². The number of ether oxygens (including phenoxy) is 1. The van der Waals surface area contributed by atoms with Crippen LogP contribution in [-0.4, -0.2) is 7.11 Å². The van der Waals surface area contributed by atoms with E-state index in [-0.39, 0.29) is 0 Å². The lowest BCUT2D eigenvalue weighted by molar-refractivity contribution is 0.412. The molecule has 0 radical (unpaired) electrons. The zero-order valence-corrected chi connectivity index (χ0v) is 9.39. The summed E-state index contributed by atoms with van der Waals surface area (Å²) in [5.41, 5.74) is 0.547. The second-order valence-corrected chi connectivity index (χ2v) is 3.65. The molecule has 1 aromatic rings. The van der Waals surface area contributed by atoms with Gasteiger partial charge in [-0.3, -0.25) is 0 Å². The zero-order chi connectivity index (χ0) is 9.14. The molecule has 0 aliphatic carbocycles. The van der Waals surface area contributed by atoms with Gasteiger partial charge in [0.1, 0.15) is 17.4 Å². The molecule has 12 heavy (non-hydrogen) atoms. The van der Waals surface area contributed by atoms with Gasteiger partial charge in [-0.05, 0) is 34.7 Å². The Labute approximate surface area is 90.1 Å². The molecule has 0 heterocycles. The number of benzene rings is 1. The van der Waals surface area contributed by atoms with Gasteiger partial charge in [0.2, 0.25) is 0 Å². The van der Waals surface area contributed by atoms with Gasteiger partial charge in [0.05, 0.1) is 7.11 Å². The van der Waals surface area contributed by atoms with Crippen LogP contribution in [0.5, 0.6) is 5.75 Å². The lowest BCUT2D eigenvalue weighted by atomic mass is 10.2. The van der Waals surface area contributed by atoms with Gasteiger partial charge < -0.3 is 4.74 Å². The van der Waals surface area contributed by atoms with Crippen LogP contribution in [0.4, 0.5) is 0 Å². The van der Waals surface area contributed by atoms with Crippen LogP contribution in [-0.2, 0) is 0 Å². The normalized spacial score (nSPS) is 9.17. The molecule has 0 amide bonds. The summed E-state index contributed by atoms with van der Waals surface area (Å²) in [4.78, 5) is 0.799. The first kappa shape index (κ1) is 9.68. The van der Waals surface area contributed by atoms with Crippen molar-refractivity contribution in [2.75, 3.05) is 7.11 Å². The lowest BCUT2D eigenvalue weighted by Crippen LogP contribution is -1.91. The van der Waals surface area contributed by atoms with Crippen molar-refractivity contribution in [3.63, 3.8) is 0 Å². The van der Waals surface area contributed by atoms with Gasteiger partial charge in [-0.15, -0.1) is 12.6 Å². The molecule has 2 nitrogen and oxygen atoms in total. The highest BCUT2D eigenvalue weighted by Gasteiger charge is 2.08. The topological polar surface area (TPSA) is 33.0 Å². The number of nitrogens with zero attached hydrogens (tertiary/aromatic N) is 1. The molecule has 62 valence electrons. The quantitative estimate of drug-likeness (QED) is 0.637. The first-order chi connectivity index (χ1) is 5.70. The van der Waals surface area contributed by atoms with Crippen molar-refractivity contribution in [1.29, 1.82) is 5.26 Å². The van der Waals surface area contributed by atoms with Gasteiger partial charge in [-0.2, -0.15) is 5.26 Å². The molecule has 0 fully saturated rings. The average Bonchev–Trinajstić information content (AvgIpc) is 2.09. The molecular formula is C8H6INOS. The number of thiol groups is 1. The summed E-state index contributed by atoms with van der Waals surface area (Å²) in [7, 11) is 1.55. The number of methoxy groups -OCH3 is 1. The van der Waals surface area contributed by atoms with E-state index in [2.05, 4.69) is 41.3 Å². The van der Waals surface area contributed by atoms with Crippen LogP contribution in [0.25, 0.3) is 0 Å². The molecule has 0 N–H and O–H groups in total. The van der Waals surface area contributed by atoms with Crippen molar-refractivity contribution in [2.45, 2.75) is 4.90 Å². The molecule has 0 bridgehead atoms. The van der Waals surface area contributed by atoms with Crippen molar-refractivity contribution < 1.29 is 4.74 Å². The van der Waals surface area contributed by atoms with Crippen LogP contribution in [0.3, 0.4) is 0 Å². The third-order valence-electron chi connectivity index (χ3n) is 1.42. The Kier molecular flexibility index (Phi) is 3.23. The third-order valence-corrected chi connectivity index (χ3v) is 3.33. The Morgan fingerprint density at radius 3 is 2.75 bits per heavy atom. The van der Waals surface area contributed by atoms with Crippen molar-refractivity contribution in [2.24, 2.45) is 0 Å².